The van der Waals surface area contributed by atoms with Gasteiger partial charge in [-0.25, -0.2) is 0 Å². The van der Waals surface area contributed by atoms with E-state index in [0.717, 1.165) is 18.7 Å². The number of hydrogen-bond acceptors (Lipinski definition) is 3. The normalized spacial score (nSPS) is 17.6. The smallest absolute Gasteiger partial charge is 0.118 e. The monoisotopic (exact) mass is 290 g/mol. The highest BCUT2D eigenvalue weighted by Crippen LogP contribution is 2.13. The van der Waals surface area contributed by atoms with E-state index in [1.807, 2.05) is 12.1 Å². The van der Waals surface area contributed by atoms with Gasteiger partial charge in [0.25, 0.3) is 0 Å². The van der Waals surface area contributed by atoms with Crippen molar-refractivity contribution in [1.29, 1.82) is 0 Å². The van der Waals surface area contributed by atoms with Gasteiger partial charge in [0.1, 0.15) is 5.75 Å². The van der Waals surface area contributed by atoms with E-state index in [1.54, 1.807) is 7.11 Å². The third-order valence-electron chi connectivity index (χ3n) is 4.39. The minimum absolute atomic E-state index is 0.580. The van der Waals surface area contributed by atoms with Gasteiger partial charge in [-0.05, 0) is 63.4 Å². The highest BCUT2D eigenvalue weighted by molar-refractivity contribution is 5.27. The molecule has 1 aliphatic rings. The Labute approximate surface area is 129 Å². The summed E-state index contributed by atoms with van der Waals surface area (Å²) in [6.07, 6.45) is 6.50. The topological polar surface area (TPSA) is 24.5 Å². The van der Waals surface area contributed by atoms with E-state index in [2.05, 4.69) is 29.3 Å². The van der Waals surface area contributed by atoms with Crippen LogP contribution in [0.25, 0.3) is 0 Å². The molecule has 1 aromatic carbocycles. The Morgan fingerprint density at radius 3 is 2.52 bits per heavy atom. The Morgan fingerprint density at radius 1 is 1.14 bits per heavy atom. The van der Waals surface area contributed by atoms with Gasteiger partial charge in [0.05, 0.1) is 7.11 Å². The molecule has 118 valence electrons. The molecule has 0 spiro atoms. The lowest BCUT2D eigenvalue weighted by Crippen LogP contribution is -2.38. The summed E-state index contributed by atoms with van der Waals surface area (Å²) in [5.74, 6) is 0.937. The van der Waals surface area contributed by atoms with E-state index in [-0.39, 0.29) is 0 Å². The van der Waals surface area contributed by atoms with Gasteiger partial charge in [0, 0.05) is 19.1 Å². The Morgan fingerprint density at radius 2 is 1.86 bits per heavy atom. The first-order chi connectivity index (χ1) is 10.3. The molecule has 1 atom stereocenters. The maximum atomic E-state index is 5.19. The van der Waals surface area contributed by atoms with Gasteiger partial charge in [-0.15, -0.1) is 0 Å². The number of rotatable bonds is 8. The van der Waals surface area contributed by atoms with Crippen molar-refractivity contribution in [3.8, 4) is 5.75 Å². The van der Waals surface area contributed by atoms with Crippen LogP contribution in [0.5, 0.6) is 5.75 Å². The molecule has 1 saturated heterocycles. The molecule has 2 rings (SSSR count). The van der Waals surface area contributed by atoms with Crippen LogP contribution >= 0.6 is 0 Å². The minimum atomic E-state index is 0.580. The quantitative estimate of drug-likeness (QED) is 0.796. The second kappa shape index (κ2) is 9.06. The molecule has 1 N–H and O–H groups in total. The Bertz CT molecular complexity index is 385. The first-order valence-corrected chi connectivity index (χ1v) is 8.36. The standard InChI is InChI=1S/C18H30N2O/c1-16(19-12-15-20-13-4-3-5-14-20)6-7-17-8-10-18(21-2)11-9-17/h8-11,16,19H,3-7,12-15H2,1-2H3. The van der Waals surface area contributed by atoms with Crippen molar-refractivity contribution in [1.82, 2.24) is 10.2 Å². The SMILES string of the molecule is COc1ccc(CCC(C)NCCN2CCCCC2)cc1. The van der Waals surface area contributed by atoms with Crippen molar-refractivity contribution in [3.63, 3.8) is 0 Å². The van der Waals surface area contributed by atoms with Gasteiger partial charge >= 0.3 is 0 Å². The van der Waals surface area contributed by atoms with Gasteiger partial charge < -0.3 is 15.0 Å². The third kappa shape index (κ3) is 6.06. The van der Waals surface area contributed by atoms with Crippen molar-refractivity contribution < 1.29 is 4.74 Å². The predicted octanol–water partition coefficient (Wildman–Crippen LogP) is 3.09. The summed E-state index contributed by atoms with van der Waals surface area (Å²) in [5.41, 5.74) is 1.39. The molecule has 1 fully saturated rings. The number of aryl methyl sites for hydroxylation is 1. The molecular weight excluding hydrogens is 260 g/mol. The van der Waals surface area contributed by atoms with Crippen molar-refractivity contribution in [2.75, 3.05) is 33.3 Å². The molecule has 1 heterocycles. The van der Waals surface area contributed by atoms with Gasteiger partial charge in [-0.3, -0.25) is 0 Å². The molecule has 1 aliphatic heterocycles. The molecule has 3 heteroatoms. The van der Waals surface area contributed by atoms with Crippen molar-refractivity contribution >= 4 is 0 Å². The number of nitrogens with zero attached hydrogens (tertiary/aromatic N) is 1. The van der Waals surface area contributed by atoms with Gasteiger partial charge in [0.2, 0.25) is 0 Å². The van der Waals surface area contributed by atoms with E-state index < -0.39 is 0 Å². The molecule has 1 aromatic rings. The summed E-state index contributed by atoms with van der Waals surface area (Å²) in [4.78, 5) is 2.59. The second-order valence-corrected chi connectivity index (χ2v) is 6.14. The molecular formula is C18H30N2O. The van der Waals surface area contributed by atoms with E-state index in [9.17, 15) is 0 Å². The van der Waals surface area contributed by atoms with Crippen molar-refractivity contribution in [3.05, 3.63) is 29.8 Å². The fraction of sp³-hybridized carbons (Fsp3) is 0.667. The number of benzene rings is 1. The summed E-state index contributed by atoms with van der Waals surface area (Å²) >= 11 is 0. The van der Waals surface area contributed by atoms with Crippen LogP contribution in [0.15, 0.2) is 24.3 Å². The van der Waals surface area contributed by atoms with Crippen LogP contribution in [0.3, 0.4) is 0 Å². The zero-order valence-corrected chi connectivity index (χ0v) is 13.6. The number of ether oxygens (including phenoxy) is 1. The second-order valence-electron chi connectivity index (χ2n) is 6.14. The molecule has 0 bridgehead atoms. The first kappa shape index (κ1) is 16.3. The summed E-state index contributed by atoms with van der Waals surface area (Å²) in [7, 11) is 1.71. The van der Waals surface area contributed by atoms with E-state index >= 15 is 0 Å². The van der Waals surface area contributed by atoms with Gasteiger partial charge in [-0.2, -0.15) is 0 Å². The van der Waals surface area contributed by atoms with E-state index in [1.165, 1.54) is 50.9 Å². The maximum absolute atomic E-state index is 5.19. The number of methoxy groups -OCH3 is 1. The minimum Gasteiger partial charge on any atom is -0.497 e. The number of hydrogen-bond donors (Lipinski definition) is 1. The van der Waals surface area contributed by atoms with Crippen molar-refractivity contribution in [2.45, 2.75) is 45.1 Å². The first-order valence-electron chi connectivity index (χ1n) is 8.36. The van der Waals surface area contributed by atoms with Crippen LogP contribution in [-0.4, -0.2) is 44.2 Å². The van der Waals surface area contributed by atoms with Crippen molar-refractivity contribution in [2.24, 2.45) is 0 Å². The highest BCUT2D eigenvalue weighted by atomic mass is 16.5. The van der Waals surface area contributed by atoms with Crippen LogP contribution < -0.4 is 10.1 Å². The molecule has 21 heavy (non-hydrogen) atoms. The zero-order valence-electron chi connectivity index (χ0n) is 13.6. The van der Waals surface area contributed by atoms with Gasteiger partial charge in [0.15, 0.2) is 0 Å². The summed E-state index contributed by atoms with van der Waals surface area (Å²) < 4.78 is 5.19. The Balaban J connectivity index is 1.59. The fourth-order valence-electron chi connectivity index (χ4n) is 2.93. The molecule has 0 aliphatic carbocycles. The molecule has 0 aromatic heterocycles. The van der Waals surface area contributed by atoms with Crippen LogP contribution in [0.1, 0.15) is 38.2 Å². The Kier molecular flexibility index (Phi) is 7.04. The third-order valence-corrected chi connectivity index (χ3v) is 4.39. The van der Waals surface area contributed by atoms with Crippen LogP contribution in [0.2, 0.25) is 0 Å². The molecule has 0 saturated carbocycles. The Hall–Kier alpha value is -1.06. The number of nitrogens with one attached hydrogen (secondary N) is 1. The van der Waals surface area contributed by atoms with Crippen LogP contribution in [0.4, 0.5) is 0 Å². The van der Waals surface area contributed by atoms with Crippen LogP contribution in [-0.2, 0) is 6.42 Å². The molecule has 1 unspecified atom stereocenters. The zero-order chi connectivity index (χ0) is 14.9. The number of likely N-dealkylation sites (tertiary alicyclic amines) is 1. The number of piperidine rings is 1. The molecule has 3 nitrogen and oxygen atoms in total. The summed E-state index contributed by atoms with van der Waals surface area (Å²) in [6.45, 7) is 7.19. The lowest BCUT2D eigenvalue weighted by molar-refractivity contribution is 0.226. The van der Waals surface area contributed by atoms with Crippen LogP contribution in [0, 0.1) is 0 Å². The van der Waals surface area contributed by atoms with Gasteiger partial charge in [-0.1, -0.05) is 18.6 Å². The lowest BCUT2D eigenvalue weighted by atomic mass is 10.1. The lowest BCUT2D eigenvalue weighted by Gasteiger charge is -2.27. The molecule has 0 amide bonds. The average molecular weight is 290 g/mol. The average Bonchev–Trinajstić information content (AvgIpc) is 2.54. The van der Waals surface area contributed by atoms with E-state index in [0.29, 0.717) is 6.04 Å². The highest BCUT2D eigenvalue weighted by Gasteiger charge is 2.09. The maximum Gasteiger partial charge on any atom is 0.118 e. The fourth-order valence-corrected chi connectivity index (χ4v) is 2.93. The largest absolute Gasteiger partial charge is 0.497 e. The summed E-state index contributed by atoms with van der Waals surface area (Å²) in [6, 6.07) is 9.00. The summed E-state index contributed by atoms with van der Waals surface area (Å²) in [5, 5.41) is 3.66. The predicted molar refractivity (Wildman–Crippen MR) is 89.1 cm³/mol. The molecule has 0 radical (unpaired) electrons. The van der Waals surface area contributed by atoms with E-state index in [4.69, 9.17) is 4.74 Å².